The Morgan fingerprint density at radius 1 is 1.40 bits per heavy atom. The van der Waals surface area contributed by atoms with Crippen LogP contribution in [-0.4, -0.2) is 42.0 Å². The average Bonchev–Trinajstić information content (AvgIpc) is 3.22. The van der Waals surface area contributed by atoms with Gasteiger partial charge in [-0.15, -0.1) is 0 Å². The number of carbonyl (C=O) groups is 1. The van der Waals surface area contributed by atoms with Gasteiger partial charge >= 0.3 is 0 Å². The van der Waals surface area contributed by atoms with Gasteiger partial charge in [-0.25, -0.2) is 5.43 Å². The molecule has 0 radical (unpaired) electrons. The van der Waals surface area contributed by atoms with Gasteiger partial charge in [-0.3, -0.25) is 4.79 Å². The third kappa shape index (κ3) is 2.02. The van der Waals surface area contributed by atoms with Gasteiger partial charge in [-0.05, 0) is 45.0 Å². The van der Waals surface area contributed by atoms with E-state index >= 15 is 0 Å². The number of rotatable bonds is 1. The van der Waals surface area contributed by atoms with E-state index in [2.05, 4.69) is 51.7 Å². The average molecular weight is 339 g/mol. The number of fused-ring (bicyclic) bond motifs is 4. The summed E-state index contributed by atoms with van der Waals surface area (Å²) in [6.45, 7) is 6.53. The minimum atomic E-state index is -0.306. The quantitative estimate of drug-likeness (QED) is 0.823. The van der Waals surface area contributed by atoms with Gasteiger partial charge in [0.05, 0.1) is 16.7 Å². The molecule has 1 aromatic heterocycles. The number of anilines is 1. The van der Waals surface area contributed by atoms with E-state index in [9.17, 15) is 4.79 Å². The van der Waals surface area contributed by atoms with Crippen molar-refractivity contribution in [1.82, 2.24) is 15.3 Å². The van der Waals surface area contributed by atoms with Crippen molar-refractivity contribution in [2.75, 3.05) is 24.6 Å². The third-order valence-corrected chi connectivity index (χ3v) is 5.66. The van der Waals surface area contributed by atoms with Gasteiger partial charge in [0.1, 0.15) is 18.4 Å². The second-order valence-corrected chi connectivity index (χ2v) is 7.33. The highest BCUT2D eigenvalue weighted by Gasteiger charge is 2.36. The second kappa shape index (κ2) is 4.98. The first-order valence-corrected chi connectivity index (χ1v) is 8.72. The Hall–Kier alpha value is -2.54. The summed E-state index contributed by atoms with van der Waals surface area (Å²) in [7, 11) is 0. The zero-order valence-electron chi connectivity index (χ0n) is 14.4. The van der Waals surface area contributed by atoms with Crippen LogP contribution < -0.4 is 20.4 Å². The monoisotopic (exact) mass is 339 g/mol. The van der Waals surface area contributed by atoms with E-state index in [1.165, 1.54) is 0 Å². The van der Waals surface area contributed by atoms with Crippen molar-refractivity contribution in [1.29, 1.82) is 0 Å². The van der Waals surface area contributed by atoms with E-state index in [-0.39, 0.29) is 17.5 Å². The summed E-state index contributed by atoms with van der Waals surface area (Å²) in [6.07, 6.45) is 3.25. The van der Waals surface area contributed by atoms with Gasteiger partial charge in [0.2, 0.25) is 0 Å². The van der Waals surface area contributed by atoms with Crippen LogP contribution in [0.2, 0.25) is 0 Å². The van der Waals surface area contributed by atoms with Crippen LogP contribution >= 0.6 is 0 Å². The van der Waals surface area contributed by atoms with Crippen LogP contribution in [-0.2, 0) is 10.3 Å². The van der Waals surface area contributed by atoms with Gasteiger partial charge in [0.15, 0.2) is 5.84 Å². The maximum Gasteiger partial charge on any atom is 0.262 e. The van der Waals surface area contributed by atoms with Crippen LogP contribution in [0.5, 0.6) is 5.75 Å². The molecule has 3 aliphatic rings. The second-order valence-electron chi connectivity index (χ2n) is 7.33. The number of hydrazone groups is 1. The number of amides is 1. The van der Waals surface area contributed by atoms with Crippen molar-refractivity contribution in [3.8, 4) is 5.75 Å². The molecule has 1 amide bonds. The molecule has 2 N–H and O–H groups in total. The Labute approximate surface area is 145 Å². The molecule has 1 unspecified atom stereocenters. The predicted octanol–water partition coefficient (Wildman–Crippen LogP) is 1.38. The number of nitrogens with one attached hydrogen (secondary N) is 2. The Morgan fingerprint density at radius 2 is 2.28 bits per heavy atom. The summed E-state index contributed by atoms with van der Waals surface area (Å²) in [4.78, 5) is 14.1. The summed E-state index contributed by atoms with van der Waals surface area (Å²) in [5.74, 6) is 1.45. The molecule has 1 fully saturated rings. The number of carbonyl (C=O) groups excluding carboxylic acids is 1. The van der Waals surface area contributed by atoms with Crippen molar-refractivity contribution in [2.24, 2.45) is 5.10 Å². The lowest BCUT2D eigenvalue weighted by Crippen LogP contribution is -2.55. The van der Waals surface area contributed by atoms with Crippen LogP contribution in [0.25, 0.3) is 10.9 Å². The lowest BCUT2D eigenvalue weighted by atomic mass is 10.0. The minimum Gasteiger partial charge on any atom is -0.483 e. The molecule has 1 saturated heterocycles. The molecule has 130 valence electrons. The summed E-state index contributed by atoms with van der Waals surface area (Å²) in [5, 5.41) is 8.78. The fraction of sp³-hybridized carbons (Fsp3) is 0.444. The van der Waals surface area contributed by atoms with E-state index in [0.717, 1.165) is 47.7 Å². The summed E-state index contributed by atoms with van der Waals surface area (Å²) < 4.78 is 8.25. The maximum absolute atomic E-state index is 12.1. The van der Waals surface area contributed by atoms with Crippen molar-refractivity contribution in [3.63, 3.8) is 0 Å². The van der Waals surface area contributed by atoms with E-state index in [1.54, 1.807) is 0 Å². The summed E-state index contributed by atoms with van der Waals surface area (Å²) in [6, 6.07) is 6.04. The van der Waals surface area contributed by atoms with Crippen LogP contribution in [0.15, 0.2) is 29.5 Å². The number of benzene rings is 1. The highest BCUT2D eigenvalue weighted by atomic mass is 16.5. The molecule has 0 saturated carbocycles. The zero-order chi connectivity index (χ0) is 17.2. The zero-order valence-corrected chi connectivity index (χ0v) is 14.4. The number of hydrogen-bond donors (Lipinski definition) is 2. The first kappa shape index (κ1) is 14.8. The van der Waals surface area contributed by atoms with Gasteiger partial charge in [0, 0.05) is 18.1 Å². The first-order chi connectivity index (χ1) is 12.1. The Bertz CT molecular complexity index is 910. The fourth-order valence-corrected chi connectivity index (χ4v) is 4.13. The molecule has 2 aromatic rings. The van der Waals surface area contributed by atoms with Gasteiger partial charge < -0.3 is 19.5 Å². The molecule has 5 rings (SSSR count). The molecule has 25 heavy (non-hydrogen) atoms. The van der Waals surface area contributed by atoms with E-state index < -0.39 is 0 Å². The number of amidine groups is 1. The number of hydrogen-bond acceptors (Lipinski definition) is 5. The van der Waals surface area contributed by atoms with E-state index in [1.807, 2.05) is 11.8 Å². The number of ether oxygens (including phenoxy) is 1. The van der Waals surface area contributed by atoms with Crippen LogP contribution in [0, 0.1) is 0 Å². The molecule has 2 atom stereocenters. The largest absolute Gasteiger partial charge is 0.483 e. The molecular weight excluding hydrogens is 318 g/mol. The molecule has 0 aliphatic carbocycles. The van der Waals surface area contributed by atoms with Crippen LogP contribution in [0.3, 0.4) is 0 Å². The molecule has 7 nitrogen and oxygen atoms in total. The minimum absolute atomic E-state index is 0.0628. The summed E-state index contributed by atoms with van der Waals surface area (Å²) >= 11 is 0. The van der Waals surface area contributed by atoms with Crippen molar-refractivity contribution in [3.05, 3.63) is 24.4 Å². The molecule has 4 heterocycles. The van der Waals surface area contributed by atoms with Crippen molar-refractivity contribution >= 4 is 28.3 Å². The van der Waals surface area contributed by atoms with Crippen LogP contribution in [0.1, 0.15) is 20.3 Å². The Morgan fingerprint density at radius 3 is 3.08 bits per heavy atom. The Balaban J connectivity index is 1.69. The summed E-state index contributed by atoms with van der Waals surface area (Å²) in [5.41, 5.74) is 4.70. The topological polar surface area (TPSA) is 70.9 Å². The first-order valence-electron chi connectivity index (χ1n) is 8.72. The predicted molar refractivity (Wildman–Crippen MR) is 96.1 cm³/mol. The van der Waals surface area contributed by atoms with Gasteiger partial charge in [-0.2, -0.15) is 5.10 Å². The normalized spacial score (nSPS) is 28.2. The van der Waals surface area contributed by atoms with E-state index in [0.29, 0.717) is 6.61 Å². The lowest BCUT2D eigenvalue weighted by Gasteiger charge is -2.38. The van der Waals surface area contributed by atoms with Gasteiger partial charge in [0.25, 0.3) is 5.91 Å². The highest BCUT2D eigenvalue weighted by Crippen LogP contribution is 2.40. The third-order valence-electron chi connectivity index (χ3n) is 5.66. The Kier molecular flexibility index (Phi) is 2.94. The smallest absolute Gasteiger partial charge is 0.262 e. The highest BCUT2D eigenvalue weighted by molar-refractivity contribution is 6.10. The molecule has 0 spiro atoms. The van der Waals surface area contributed by atoms with Crippen molar-refractivity contribution in [2.45, 2.75) is 31.8 Å². The van der Waals surface area contributed by atoms with Crippen LogP contribution in [0.4, 0.5) is 5.69 Å². The molecule has 7 heteroatoms. The molecular formula is C18H21N5O2. The molecule has 1 aromatic carbocycles. The number of aromatic nitrogens is 1. The molecule has 3 aliphatic heterocycles. The van der Waals surface area contributed by atoms with E-state index in [4.69, 9.17) is 4.74 Å². The van der Waals surface area contributed by atoms with Crippen molar-refractivity contribution < 1.29 is 9.53 Å². The lowest BCUT2D eigenvalue weighted by molar-refractivity contribution is -0.122. The molecule has 0 bridgehead atoms. The standard InChI is InChI=1S/C18H21N5O2/c1-11-17(24)21-20-16-9-25-15-7-12-3-6-22(18(2)4-5-19-10-18)13(12)8-14(15)23(11)16/h3,6-8,11,19H,4-5,9-10H2,1-2H3,(H,21,24)/t11-,18?/m0/s1. The fourth-order valence-electron chi connectivity index (χ4n) is 4.13. The van der Waals surface area contributed by atoms with Gasteiger partial charge in [-0.1, -0.05) is 0 Å². The SMILES string of the molecule is C[C@H]1C(=O)NN=C2COc3cc4ccn(C5(C)CCNC5)c4cc3N21. The number of nitrogens with zero attached hydrogens (tertiary/aromatic N) is 3. The maximum atomic E-state index is 12.1.